The fourth-order valence-electron chi connectivity index (χ4n) is 0.617. The van der Waals surface area contributed by atoms with Gasteiger partial charge in [0.05, 0.1) is 13.0 Å². The zero-order valence-corrected chi connectivity index (χ0v) is 7.90. The van der Waals surface area contributed by atoms with Gasteiger partial charge in [-0.2, -0.15) is 0 Å². The Morgan fingerprint density at radius 1 is 1.29 bits per heavy atom. The van der Waals surface area contributed by atoms with E-state index < -0.39 is 11.9 Å². The van der Waals surface area contributed by atoms with Gasteiger partial charge in [0.15, 0.2) is 0 Å². The second-order valence-electron chi connectivity index (χ2n) is 2.42. The van der Waals surface area contributed by atoms with E-state index in [1.54, 1.807) is 0 Å². The molecule has 14 heavy (non-hydrogen) atoms. The second-order valence-corrected chi connectivity index (χ2v) is 2.42. The molecule has 0 spiro atoms. The second kappa shape index (κ2) is 8.25. The standard InChI is InChI=1S/C9H14O5/c1-2-8(11)14-7-4-9(12)13-6-3-5-10/h2,10H,1,3-7H2. The predicted octanol–water partition coefficient (Wildman–Crippen LogP) is 0.0313. The van der Waals surface area contributed by atoms with Crippen molar-refractivity contribution in [2.75, 3.05) is 19.8 Å². The minimum absolute atomic E-state index is 0.0111. The van der Waals surface area contributed by atoms with Crippen LogP contribution in [0.15, 0.2) is 12.7 Å². The monoisotopic (exact) mass is 202 g/mol. The molecule has 1 N–H and O–H groups in total. The summed E-state index contributed by atoms with van der Waals surface area (Å²) in [6.45, 7) is 3.36. The third-order valence-electron chi connectivity index (χ3n) is 1.28. The molecule has 0 rings (SSSR count). The zero-order valence-electron chi connectivity index (χ0n) is 7.90. The topological polar surface area (TPSA) is 72.8 Å². The van der Waals surface area contributed by atoms with Crippen LogP contribution >= 0.6 is 0 Å². The van der Waals surface area contributed by atoms with E-state index in [2.05, 4.69) is 16.1 Å². The largest absolute Gasteiger partial charge is 0.465 e. The first-order chi connectivity index (χ1) is 6.70. The Morgan fingerprint density at radius 3 is 2.57 bits per heavy atom. The van der Waals surface area contributed by atoms with Crippen LogP contribution in [0.5, 0.6) is 0 Å². The normalized spacial score (nSPS) is 9.21. The molecule has 0 unspecified atom stereocenters. The lowest BCUT2D eigenvalue weighted by Crippen LogP contribution is -2.11. The first-order valence-corrected chi connectivity index (χ1v) is 4.26. The maximum Gasteiger partial charge on any atom is 0.330 e. The third-order valence-corrected chi connectivity index (χ3v) is 1.28. The lowest BCUT2D eigenvalue weighted by Gasteiger charge is -2.03. The van der Waals surface area contributed by atoms with Crippen molar-refractivity contribution in [1.29, 1.82) is 0 Å². The molecule has 0 aromatic heterocycles. The van der Waals surface area contributed by atoms with E-state index in [1.165, 1.54) is 0 Å². The summed E-state index contributed by atoms with van der Waals surface area (Å²) >= 11 is 0. The minimum Gasteiger partial charge on any atom is -0.465 e. The number of esters is 2. The molecule has 0 saturated heterocycles. The third kappa shape index (κ3) is 7.30. The number of ether oxygens (including phenoxy) is 2. The van der Waals surface area contributed by atoms with Crippen molar-refractivity contribution in [2.45, 2.75) is 12.8 Å². The van der Waals surface area contributed by atoms with Gasteiger partial charge in [0.1, 0.15) is 6.61 Å². The van der Waals surface area contributed by atoms with Gasteiger partial charge in [-0.3, -0.25) is 4.79 Å². The van der Waals surface area contributed by atoms with Crippen molar-refractivity contribution < 1.29 is 24.2 Å². The van der Waals surface area contributed by atoms with Gasteiger partial charge in [-0.15, -0.1) is 0 Å². The van der Waals surface area contributed by atoms with Crippen molar-refractivity contribution in [3.8, 4) is 0 Å². The smallest absolute Gasteiger partial charge is 0.330 e. The molecule has 0 radical (unpaired) electrons. The summed E-state index contributed by atoms with van der Waals surface area (Å²) in [6.07, 6.45) is 1.46. The molecule has 0 saturated carbocycles. The van der Waals surface area contributed by atoms with Crippen LogP contribution in [0.2, 0.25) is 0 Å². The predicted molar refractivity (Wildman–Crippen MR) is 48.4 cm³/mol. The quantitative estimate of drug-likeness (QED) is 0.358. The molecule has 0 atom stereocenters. The first kappa shape index (κ1) is 12.6. The van der Waals surface area contributed by atoms with Gasteiger partial charge in [-0.05, 0) is 0 Å². The summed E-state index contributed by atoms with van der Waals surface area (Å²) in [5.74, 6) is -1.01. The number of hydrogen-bond acceptors (Lipinski definition) is 5. The zero-order chi connectivity index (χ0) is 10.8. The highest BCUT2D eigenvalue weighted by Crippen LogP contribution is 1.90. The molecule has 80 valence electrons. The van der Waals surface area contributed by atoms with Crippen molar-refractivity contribution in [3.05, 3.63) is 12.7 Å². The summed E-state index contributed by atoms with van der Waals surface area (Å²) < 4.78 is 9.24. The molecule has 0 aromatic carbocycles. The van der Waals surface area contributed by atoms with Gasteiger partial charge in [0.25, 0.3) is 0 Å². The van der Waals surface area contributed by atoms with Crippen LogP contribution in [0.3, 0.4) is 0 Å². The number of carbonyl (C=O) groups excluding carboxylic acids is 2. The van der Waals surface area contributed by atoms with Crippen molar-refractivity contribution in [2.24, 2.45) is 0 Å². The van der Waals surface area contributed by atoms with Crippen LogP contribution in [0.4, 0.5) is 0 Å². The first-order valence-electron chi connectivity index (χ1n) is 4.26. The van der Waals surface area contributed by atoms with Gasteiger partial charge in [-0.1, -0.05) is 6.58 Å². The van der Waals surface area contributed by atoms with Gasteiger partial charge in [0, 0.05) is 19.1 Å². The molecule has 0 aliphatic carbocycles. The summed E-state index contributed by atoms with van der Waals surface area (Å²) in [5.41, 5.74) is 0. The molecule has 0 aromatic rings. The Labute approximate surface area is 82.3 Å². The van der Waals surface area contributed by atoms with Gasteiger partial charge >= 0.3 is 11.9 Å². The fraction of sp³-hybridized carbons (Fsp3) is 0.556. The summed E-state index contributed by atoms with van der Waals surface area (Å²) in [5, 5.41) is 8.39. The number of aliphatic hydroxyl groups excluding tert-OH is 1. The molecule has 5 heteroatoms. The van der Waals surface area contributed by atoms with E-state index in [-0.39, 0.29) is 26.2 Å². The van der Waals surface area contributed by atoms with Crippen LogP contribution in [0.1, 0.15) is 12.8 Å². The van der Waals surface area contributed by atoms with E-state index in [4.69, 9.17) is 5.11 Å². The van der Waals surface area contributed by atoms with Crippen LogP contribution in [0.25, 0.3) is 0 Å². The SMILES string of the molecule is C=CC(=O)OCCC(=O)OCCCO. The molecular formula is C9H14O5. The molecule has 0 amide bonds. The molecule has 0 aliphatic heterocycles. The average Bonchev–Trinajstić information content (AvgIpc) is 2.18. The fourth-order valence-corrected chi connectivity index (χ4v) is 0.617. The molecular weight excluding hydrogens is 188 g/mol. The molecule has 0 heterocycles. The van der Waals surface area contributed by atoms with Gasteiger partial charge < -0.3 is 14.6 Å². The highest BCUT2D eigenvalue weighted by Gasteiger charge is 2.03. The molecule has 0 bridgehead atoms. The Morgan fingerprint density at radius 2 is 2.00 bits per heavy atom. The number of aliphatic hydroxyl groups is 1. The summed E-state index contributed by atoms with van der Waals surface area (Å²) in [6, 6.07) is 0. The summed E-state index contributed by atoms with van der Waals surface area (Å²) in [4.78, 5) is 21.4. The van der Waals surface area contributed by atoms with E-state index in [0.29, 0.717) is 6.42 Å². The van der Waals surface area contributed by atoms with Crippen LogP contribution < -0.4 is 0 Å². The van der Waals surface area contributed by atoms with Crippen molar-refractivity contribution in [3.63, 3.8) is 0 Å². The van der Waals surface area contributed by atoms with E-state index in [1.807, 2.05) is 0 Å². The van der Waals surface area contributed by atoms with Crippen LogP contribution in [-0.4, -0.2) is 36.9 Å². The van der Waals surface area contributed by atoms with Crippen molar-refractivity contribution >= 4 is 11.9 Å². The summed E-state index contributed by atoms with van der Waals surface area (Å²) in [7, 11) is 0. The molecule has 0 fully saturated rings. The van der Waals surface area contributed by atoms with Crippen molar-refractivity contribution in [1.82, 2.24) is 0 Å². The average molecular weight is 202 g/mol. The Balaban J connectivity index is 3.35. The van der Waals surface area contributed by atoms with Gasteiger partial charge in [0.2, 0.25) is 0 Å². The Bertz CT molecular complexity index is 199. The minimum atomic E-state index is -0.562. The Kier molecular flexibility index (Phi) is 7.45. The number of carbonyl (C=O) groups is 2. The lowest BCUT2D eigenvalue weighted by atomic mass is 10.4. The highest BCUT2D eigenvalue weighted by molar-refractivity contribution is 5.81. The van der Waals surface area contributed by atoms with Crippen LogP contribution in [-0.2, 0) is 19.1 Å². The maximum atomic E-state index is 10.9. The molecule has 0 aliphatic rings. The molecule has 5 nitrogen and oxygen atoms in total. The lowest BCUT2D eigenvalue weighted by molar-refractivity contribution is -0.147. The number of hydrogen-bond donors (Lipinski definition) is 1. The maximum absolute atomic E-state index is 10.9. The highest BCUT2D eigenvalue weighted by atomic mass is 16.5. The van der Waals surface area contributed by atoms with Gasteiger partial charge in [-0.25, -0.2) is 4.79 Å². The van der Waals surface area contributed by atoms with E-state index in [9.17, 15) is 9.59 Å². The Hall–Kier alpha value is -1.36. The van der Waals surface area contributed by atoms with E-state index >= 15 is 0 Å². The van der Waals surface area contributed by atoms with Crippen LogP contribution in [0, 0.1) is 0 Å². The number of rotatable bonds is 7. The van der Waals surface area contributed by atoms with E-state index in [0.717, 1.165) is 6.08 Å².